The Labute approximate surface area is 150 Å². The van der Waals surface area contributed by atoms with Gasteiger partial charge in [0.05, 0.1) is 0 Å². The molecule has 1 saturated heterocycles. The number of likely N-dealkylation sites (N-methyl/N-ethyl adjacent to an activating group) is 1. The number of nitrogens with zero attached hydrogens (tertiary/aromatic N) is 3. The van der Waals surface area contributed by atoms with Crippen LogP contribution in [0.25, 0.3) is 5.69 Å². The summed E-state index contributed by atoms with van der Waals surface area (Å²) in [5.41, 5.74) is 1.78. The van der Waals surface area contributed by atoms with Gasteiger partial charge in [0.15, 0.2) is 0 Å². The van der Waals surface area contributed by atoms with Crippen molar-refractivity contribution in [3.63, 3.8) is 0 Å². The smallest absolute Gasteiger partial charge is 0.251 e. The van der Waals surface area contributed by atoms with Crippen molar-refractivity contribution in [1.82, 2.24) is 19.7 Å². The highest BCUT2D eigenvalue weighted by Crippen LogP contribution is 2.10. The lowest BCUT2D eigenvalue weighted by molar-refractivity contribution is 0.0948. The quantitative estimate of drug-likeness (QED) is 0.786. The number of carbonyl (C=O) groups excluding carboxylic acids is 1. The van der Waals surface area contributed by atoms with Gasteiger partial charge in [0.1, 0.15) is 0 Å². The highest BCUT2D eigenvalue weighted by Gasteiger charge is 2.14. The molecule has 1 aliphatic heterocycles. The van der Waals surface area contributed by atoms with Crippen LogP contribution in [0.1, 0.15) is 23.7 Å². The summed E-state index contributed by atoms with van der Waals surface area (Å²) in [6.45, 7) is 9.76. The molecule has 1 amide bonds. The average Bonchev–Trinajstić information content (AvgIpc) is 3.20. The molecule has 0 atom stereocenters. The van der Waals surface area contributed by atoms with Crippen LogP contribution in [0.3, 0.4) is 0 Å². The van der Waals surface area contributed by atoms with Gasteiger partial charge in [0, 0.05) is 56.4 Å². The zero-order valence-corrected chi connectivity index (χ0v) is 15.0. The Morgan fingerprint density at radius 2 is 1.64 bits per heavy atom. The maximum absolute atomic E-state index is 12.2. The van der Waals surface area contributed by atoms with Crippen LogP contribution in [0.15, 0.2) is 48.8 Å². The van der Waals surface area contributed by atoms with Crippen LogP contribution < -0.4 is 5.32 Å². The minimum atomic E-state index is 0.00913. The Morgan fingerprint density at radius 1 is 1.00 bits per heavy atom. The summed E-state index contributed by atoms with van der Waals surface area (Å²) in [7, 11) is 0. The largest absolute Gasteiger partial charge is 0.352 e. The first-order chi connectivity index (χ1) is 12.3. The molecule has 3 rings (SSSR count). The van der Waals surface area contributed by atoms with Gasteiger partial charge in [0.2, 0.25) is 0 Å². The lowest BCUT2D eigenvalue weighted by atomic mass is 10.2. The molecule has 134 valence electrons. The second-order valence-corrected chi connectivity index (χ2v) is 6.52. The first-order valence-corrected chi connectivity index (χ1v) is 9.22. The van der Waals surface area contributed by atoms with Crippen molar-refractivity contribution in [3.05, 3.63) is 54.4 Å². The summed E-state index contributed by atoms with van der Waals surface area (Å²) in [4.78, 5) is 17.2. The summed E-state index contributed by atoms with van der Waals surface area (Å²) in [6, 6.07) is 11.7. The van der Waals surface area contributed by atoms with E-state index in [-0.39, 0.29) is 5.91 Å². The molecule has 5 heteroatoms. The van der Waals surface area contributed by atoms with E-state index in [0.717, 1.165) is 57.9 Å². The van der Waals surface area contributed by atoms with Crippen LogP contribution in [0.4, 0.5) is 0 Å². The van der Waals surface area contributed by atoms with E-state index in [4.69, 9.17) is 0 Å². The molecule has 1 N–H and O–H groups in total. The number of aromatic nitrogens is 1. The number of hydrogen-bond acceptors (Lipinski definition) is 3. The van der Waals surface area contributed by atoms with Crippen molar-refractivity contribution in [3.8, 4) is 5.69 Å². The van der Waals surface area contributed by atoms with Crippen molar-refractivity contribution < 1.29 is 4.79 Å². The predicted octanol–water partition coefficient (Wildman–Crippen LogP) is 2.23. The fourth-order valence-electron chi connectivity index (χ4n) is 3.23. The zero-order chi connectivity index (χ0) is 17.5. The van der Waals surface area contributed by atoms with Crippen molar-refractivity contribution in [1.29, 1.82) is 0 Å². The van der Waals surface area contributed by atoms with Gasteiger partial charge in [-0.3, -0.25) is 4.79 Å². The summed E-state index contributed by atoms with van der Waals surface area (Å²) in [5.74, 6) is 0.00913. The van der Waals surface area contributed by atoms with E-state index < -0.39 is 0 Å². The molecule has 5 nitrogen and oxygen atoms in total. The number of rotatable bonds is 7. The highest BCUT2D eigenvalue weighted by molar-refractivity contribution is 5.94. The summed E-state index contributed by atoms with van der Waals surface area (Å²) in [5, 5.41) is 3.03. The monoisotopic (exact) mass is 340 g/mol. The summed E-state index contributed by atoms with van der Waals surface area (Å²) < 4.78 is 2.03. The van der Waals surface area contributed by atoms with Crippen molar-refractivity contribution >= 4 is 5.91 Å². The van der Waals surface area contributed by atoms with E-state index in [1.165, 1.54) is 0 Å². The van der Waals surface area contributed by atoms with Gasteiger partial charge in [-0.15, -0.1) is 0 Å². The van der Waals surface area contributed by atoms with Crippen LogP contribution in [0.2, 0.25) is 0 Å². The van der Waals surface area contributed by atoms with Crippen LogP contribution in [0.5, 0.6) is 0 Å². The summed E-state index contributed by atoms with van der Waals surface area (Å²) in [6.07, 6.45) is 4.99. The SMILES string of the molecule is CCN1CCN(CCCNC(=O)c2ccc(-n3cccc3)cc2)CC1. The van der Waals surface area contributed by atoms with Gasteiger partial charge in [-0.25, -0.2) is 0 Å². The molecule has 0 aliphatic carbocycles. The average molecular weight is 340 g/mol. The van der Waals surface area contributed by atoms with Gasteiger partial charge in [-0.1, -0.05) is 6.92 Å². The first kappa shape index (κ1) is 17.7. The fourth-order valence-corrected chi connectivity index (χ4v) is 3.23. The molecule has 0 unspecified atom stereocenters. The molecule has 2 aromatic rings. The number of hydrogen-bond donors (Lipinski definition) is 1. The van der Waals surface area contributed by atoms with Gasteiger partial charge in [-0.2, -0.15) is 0 Å². The third-order valence-corrected chi connectivity index (χ3v) is 4.88. The lowest BCUT2D eigenvalue weighted by Crippen LogP contribution is -2.46. The van der Waals surface area contributed by atoms with E-state index >= 15 is 0 Å². The standard InChI is InChI=1S/C20H28N4O/c1-2-22-14-16-23(17-15-22)11-5-10-21-20(25)18-6-8-19(9-7-18)24-12-3-4-13-24/h3-4,6-9,12-13H,2,5,10-11,14-17H2,1H3,(H,21,25). The maximum atomic E-state index is 12.2. The van der Waals surface area contributed by atoms with Gasteiger partial charge in [0.25, 0.3) is 5.91 Å². The highest BCUT2D eigenvalue weighted by atomic mass is 16.1. The molecule has 1 aliphatic rings. The zero-order valence-electron chi connectivity index (χ0n) is 15.0. The predicted molar refractivity (Wildman–Crippen MR) is 101 cm³/mol. The van der Waals surface area contributed by atoms with Crippen molar-refractivity contribution in [2.24, 2.45) is 0 Å². The Hall–Kier alpha value is -2.11. The van der Waals surface area contributed by atoms with Gasteiger partial charge in [-0.05, 0) is 55.9 Å². The third kappa shape index (κ3) is 4.94. The maximum Gasteiger partial charge on any atom is 0.251 e. The number of carbonyl (C=O) groups is 1. The molecule has 1 fully saturated rings. The molecule has 0 spiro atoms. The number of amides is 1. The fraction of sp³-hybridized carbons (Fsp3) is 0.450. The first-order valence-electron chi connectivity index (χ1n) is 9.22. The molecule has 2 heterocycles. The number of piperazine rings is 1. The van der Waals surface area contributed by atoms with Crippen LogP contribution in [-0.2, 0) is 0 Å². The van der Waals surface area contributed by atoms with E-state index in [1.54, 1.807) is 0 Å². The Kier molecular flexibility index (Phi) is 6.25. The molecule has 1 aromatic heterocycles. The summed E-state index contributed by atoms with van der Waals surface area (Å²) >= 11 is 0. The molecular weight excluding hydrogens is 312 g/mol. The number of benzene rings is 1. The Balaban J connectivity index is 1.38. The van der Waals surface area contributed by atoms with Crippen LogP contribution in [0, 0.1) is 0 Å². The van der Waals surface area contributed by atoms with E-state index in [0.29, 0.717) is 5.56 Å². The van der Waals surface area contributed by atoms with Crippen LogP contribution >= 0.6 is 0 Å². The lowest BCUT2D eigenvalue weighted by Gasteiger charge is -2.33. The second kappa shape index (κ2) is 8.83. The molecule has 0 saturated carbocycles. The van der Waals surface area contributed by atoms with Crippen LogP contribution in [-0.4, -0.2) is 66.1 Å². The minimum Gasteiger partial charge on any atom is -0.352 e. The third-order valence-electron chi connectivity index (χ3n) is 4.88. The van der Waals surface area contributed by atoms with Crippen molar-refractivity contribution in [2.75, 3.05) is 45.8 Å². The van der Waals surface area contributed by atoms with E-state index in [2.05, 4.69) is 22.0 Å². The Bertz CT molecular complexity index is 643. The number of nitrogens with one attached hydrogen (secondary N) is 1. The molecule has 25 heavy (non-hydrogen) atoms. The van der Waals surface area contributed by atoms with Gasteiger partial charge >= 0.3 is 0 Å². The van der Waals surface area contributed by atoms with Crippen molar-refractivity contribution in [2.45, 2.75) is 13.3 Å². The topological polar surface area (TPSA) is 40.5 Å². The van der Waals surface area contributed by atoms with Gasteiger partial charge < -0.3 is 19.7 Å². The van der Waals surface area contributed by atoms with E-state index in [1.807, 2.05) is 53.4 Å². The normalized spacial score (nSPS) is 16.0. The minimum absolute atomic E-state index is 0.00913. The molecular formula is C20H28N4O. The molecule has 1 aromatic carbocycles. The Morgan fingerprint density at radius 3 is 2.28 bits per heavy atom. The van der Waals surface area contributed by atoms with E-state index in [9.17, 15) is 4.79 Å². The second-order valence-electron chi connectivity index (χ2n) is 6.52. The molecule has 0 bridgehead atoms. The molecule has 0 radical (unpaired) electrons.